The van der Waals surface area contributed by atoms with Crippen molar-refractivity contribution in [3.8, 4) is 0 Å². The molecule has 0 radical (unpaired) electrons. The Labute approximate surface area is 213 Å². The number of anilines is 1. The summed E-state index contributed by atoms with van der Waals surface area (Å²) in [7, 11) is -3.63. The summed E-state index contributed by atoms with van der Waals surface area (Å²) in [6.45, 7) is 6.58. The molecule has 1 aromatic heterocycles. The minimum atomic E-state index is -3.63. The van der Waals surface area contributed by atoms with Gasteiger partial charge in [-0.25, -0.2) is 8.42 Å². The van der Waals surface area contributed by atoms with Crippen LogP contribution in [0.15, 0.2) is 57.8 Å². The molecule has 1 aliphatic rings. The van der Waals surface area contributed by atoms with E-state index in [9.17, 15) is 13.2 Å². The normalized spacial score (nSPS) is 14.9. The molecule has 0 atom stereocenters. The number of carbonyl (C=O) groups excluding carboxylic acids is 1. The maximum absolute atomic E-state index is 13.2. The van der Waals surface area contributed by atoms with Gasteiger partial charge in [-0.3, -0.25) is 10.1 Å². The van der Waals surface area contributed by atoms with E-state index in [4.69, 9.17) is 4.42 Å². The van der Waals surface area contributed by atoms with Crippen molar-refractivity contribution >= 4 is 21.9 Å². The number of nitrogens with zero attached hydrogens (tertiary/aromatic N) is 3. The van der Waals surface area contributed by atoms with E-state index in [1.807, 2.05) is 19.1 Å². The van der Waals surface area contributed by atoms with Crippen LogP contribution in [0, 0.1) is 0 Å². The highest BCUT2D eigenvalue weighted by Gasteiger charge is 2.31. The van der Waals surface area contributed by atoms with Gasteiger partial charge in [-0.1, -0.05) is 69.4 Å². The number of hydrogen-bond acceptors (Lipinski definition) is 6. The molecule has 1 heterocycles. The molecule has 0 aliphatic heterocycles. The molecule has 1 saturated carbocycles. The quantitative estimate of drug-likeness (QED) is 0.414. The minimum absolute atomic E-state index is 0.0000414. The number of benzene rings is 2. The fourth-order valence-electron chi connectivity index (χ4n) is 4.65. The lowest BCUT2D eigenvalue weighted by Crippen LogP contribution is -2.41. The van der Waals surface area contributed by atoms with Gasteiger partial charge in [-0.05, 0) is 54.2 Å². The molecule has 192 valence electrons. The van der Waals surface area contributed by atoms with Gasteiger partial charge in [0.05, 0.1) is 11.3 Å². The summed E-state index contributed by atoms with van der Waals surface area (Å²) in [6, 6.07) is 14.2. The lowest BCUT2D eigenvalue weighted by atomic mass is 9.95. The summed E-state index contributed by atoms with van der Waals surface area (Å²) >= 11 is 0. The van der Waals surface area contributed by atoms with Crippen molar-refractivity contribution in [3.63, 3.8) is 0 Å². The molecule has 1 N–H and O–H groups in total. The maximum Gasteiger partial charge on any atom is 0.322 e. The summed E-state index contributed by atoms with van der Waals surface area (Å²) in [6.07, 6.45) is 5.51. The molecule has 3 aromatic rings. The molecule has 8 nitrogen and oxygen atoms in total. The minimum Gasteiger partial charge on any atom is -0.407 e. The van der Waals surface area contributed by atoms with Crippen LogP contribution in [0.25, 0.3) is 0 Å². The summed E-state index contributed by atoms with van der Waals surface area (Å²) < 4.78 is 33.6. The SMILES string of the molecule is CCN(C1CCCCC1)S(=O)(=O)c1ccc(C(=O)Nc2nnc(Cc3ccc(C(C)C)cc3)o2)cc1. The van der Waals surface area contributed by atoms with Crippen molar-refractivity contribution in [2.75, 3.05) is 11.9 Å². The van der Waals surface area contributed by atoms with Crippen LogP contribution in [0.2, 0.25) is 0 Å². The fraction of sp³-hybridized carbons (Fsp3) is 0.444. The van der Waals surface area contributed by atoms with Gasteiger partial charge in [0.2, 0.25) is 15.9 Å². The Morgan fingerprint density at radius 2 is 1.69 bits per heavy atom. The third kappa shape index (κ3) is 6.02. The van der Waals surface area contributed by atoms with Crippen molar-refractivity contribution in [2.24, 2.45) is 0 Å². The first kappa shape index (κ1) is 26.0. The van der Waals surface area contributed by atoms with Crippen molar-refractivity contribution in [1.82, 2.24) is 14.5 Å². The zero-order valence-corrected chi connectivity index (χ0v) is 21.9. The van der Waals surface area contributed by atoms with Crippen LogP contribution >= 0.6 is 0 Å². The number of sulfonamides is 1. The van der Waals surface area contributed by atoms with Crippen molar-refractivity contribution in [3.05, 3.63) is 71.1 Å². The highest BCUT2D eigenvalue weighted by Crippen LogP contribution is 2.28. The van der Waals surface area contributed by atoms with Gasteiger partial charge in [0.1, 0.15) is 0 Å². The van der Waals surface area contributed by atoms with Gasteiger partial charge in [0.15, 0.2) is 0 Å². The van der Waals surface area contributed by atoms with Gasteiger partial charge in [-0.15, -0.1) is 5.10 Å². The van der Waals surface area contributed by atoms with E-state index in [1.165, 1.54) is 29.8 Å². The lowest BCUT2D eigenvalue weighted by molar-refractivity contribution is 0.102. The molecule has 0 saturated heterocycles. The predicted molar refractivity (Wildman–Crippen MR) is 138 cm³/mol. The smallest absolute Gasteiger partial charge is 0.322 e. The summed E-state index contributed by atoms with van der Waals surface area (Å²) in [5.74, 6) is 0.405. The van der Waals surface area contributed by atoms with Crippen LogP contribution in [0.5, 0.6) is 0 Å². The molecule has 2 aromatic carbocycles. The van der Waals surface area contributed by atoms with Crippen LogP contribution in [-0.4, -0.2) is 41.4 Å². The first-order valence-electron chi connectivity index (χ1n) is 12.6. The largest absolute Gasteiger partial charge is 0.407 e. The van der Waals surface area contributed by atoms with Crippen molar-refractivity contribution < 1.29 is 17.6 Å². The van der Waals surface area contributed by atoms with Gasteiger partial charge in [-0.2, -0.15) is 4.31 Å². The van der Waals surface area contributed by atoms with Crippen LogP contribution in [-0.2, 0) is 16.4 Å². The molecule has 36 heavy (non-hydrogen) atoms. The monoisotopic (exact) mass is 510 g/mol. The average Bonchev–Trinajstić information content (AvgIpc) is 3.32. The van der Waals surface area contributed by atoms with Crippen molar-refractivity contribution in [1.29, 1.82) is 0 Å². The van der Waals surface area contributed by atoms with Gasteiger partial charge in [0.25, 0.3) is 5.91 Å². The molecule has 0 spiro atoms. The number of hydrogen-bond donors (Lipinski definition) is 1. The second kappa shape index (κ2) is 11.3. The number of carbonyl (C=O) groups is 1. The van der Waals surface area contributed by atoms with Crippen LogP contribution in [0.4, 0.5) is 6.01 Å². The lowest BCUT2D eigenvalue weighted by Gasteiger charge is -2.32. The third-order valence-electron chi connectivity index (χ3n) is 6.71. The number of nitrogens with one attached hydrogen (secondary N) is 1. The molecule has 4 rings (SSSR count). The first-order valence-corrected chi connectivity index (χ1v) is 14.1. The number of aromatic nitrogens is 2. The van der Waals surface area contributed by atoms with E-state index in [-0.39, 0.29) is 17.0 Å². The Bertz CT molecular complexity index is 1260. The highest BCUT2D eigenvalue weighted by atomic mass is 32.2. The van der Waals surface area contributed by atoms with Crippen LogP contribution in [0.1, 0.15) is 86.2 Å². The molecule has 9 heteroatoms. The second-order valence-corrected chi connectivity index (χ2v) is 11.4. The Morgan fingerprint density at radius 3 is 2.31 bits per heavy atom. The Hall–Kier alpha value is -3.04. The molecule has 1 fully saturated rings. The molecular weight excluding hydrogens is 476 g/mol. The van der Waals surface area contributed by atoms with Crippen LogP contribution < -0.4 is 5.32 Å². The van der Waals surface area contributed by atoms with E-state index < -0.39 is 15.9 Å². The Balaban J connectivity index is 1.39. The zero-order chi connectivity index (χ0) is 25.7. The standard InChI is InChI=1S/C27H34N4O4S/c1-4-31(23-8-6-5-7-9-23)36(33,34)24-16-14-22(15-17-24)26(32)28-27-30-29-25(35-27)18-20-10-12-21(13-11-20)19(2)3/h10-17,19,23H,4-9,18H2,1-3H3,(H,28,30,32). The third-order valence-corrected chi connectivity index (χ3v) is 8.75. The molecule has 1 amide bonds. The second-order valence-electron chi connectivity index (χ2n) is 9.55. The summed E-state index contributed by atoms with van der Waals surface area (Å²) in [4.78, 5) is 12.9. The fourth-order valence-corrected chi connectivity index (χ4v) is 6.34. The molecule has 1 aliphatic carbocycles. The van der Waals surface area contributed by atoms with Gasteiger partial charge >= 0.3 is 6.01 Å². The van der Waals surface area contributed by atoms with Gasteiger partial charge in [0, 0.05) is 18.2 Å². The van der Waals surface area contributed by atoms with E-state index in [2.05, 4.69) is 41.5 Å². The van der Waals surface area contributed by atoms with E-state index in [0.717, 1.165) is 37.7 Å². The van der Waals surface area contributed by atoms with Gasteiger partial charge < -0.3 is 4.42 Å². The van der Waals surface area contributed by atoms with E-state index in [1.54, 1.807) is 4.31 Å². The summed E-state index contributed by atoms with van der Waals surface area (Å²) in [5, 5.41) is 10.5. The first-order chi connectivity index (χ1) is 17.3. The number of rotatable bonds is 9. The Morgan fingerprint density at radius 1 is 1.03 bits per heavy atom. The molecule has 0 unspecified atom stereocenters. The molecule has 0 bridgehead atoms. The van der Waals surface area contributed by atoms with E-state index >= 15 is 0 Å². The summed E-state index contributed by atoms with van der Waals surface area (Å²) in [5.41, 5.74) is 2.60. The van der Waals surface area contributed by atoms with Crippen molar-refractivity contribution in [2.45, 2.75) is 76.2 Å². The Kier molecular flexibility index (Phi) is 8.21. The maximum atomic E-state index is 13.2. The zero-order valence-electron chi connectivity index (χ0n) is 21.1. The highest BCUT2D eigenvalue weighted by molar-refractivity contribution is 7.89. The van der Waals surface area contributed by atoms with E-state index in [0.29, 0.717) is 30.3 Å². The molecular formula is C27H34N4O4S. The van der Waals surface area contributed by atoms with Crippen LogP contribution in [0.3, 0.4) is 0 Å². The average molecular weight is 511 g/mol. The predicted octanol–water partition coefficient (Wildman–Crippen LogP) is 5.38. The topological polar surface area (TPSA) is 105 Å². The number of amides is 1.